The predicted octanol–water partition coefficient (Wildman–Crippen LogP) is 2.57. The number of nitrogen functional groups attached to an aromatic ring is 1. The van der Waals surface area contributed by atoms with Crippen molar-refractivity contribution in [1.82, 2.24) is 25.2 Å². The summed E-state index contributed by atoms with van der Waals surface area (Å²) in [6.45, 7) is 0. The molecule has 2 heterocycles. The Labute approximate surface area is 153 Å². The standard InChI is InChI=1S/C16H12Cl2N6O/c1-24-20-8-12(23-24)10-5-3-4-9(14(10)25-2)6-7-11-13(19)16(18)22-21-15(11)17/h3-5,8H,1-2H3,(H2,19,21). The summed E-state index contributed by atoms with van der Waals surface area (Å²) in [7, 11) is 3.30. The number of para-hydroxylation sites is 1. The molecule has 2 N–H and O–H groups in total. The van der Waals surface area contributed by atoms with Crippen LogP contribution in [0.5, 0.6) is 5.75 Å². The number of aryl methyl sites for hydroxylation is 1. The van der Waals surface area contributed by atoms with E-state index in [9.17, 15) is 0 Å². The van der Waals surface area contributed by atoms with Gasteiger partial charge < -0.3 is 10.5 Å². The third kappa shape index (κ3) is 3.36. The number of rotatable bonds is 2. The van der Waals surface area contributed by atoms with Crippen molar-refractivity contribution in [2.45, 2.75) is 0 Å². The van der Waals surface area contributed by atoms with Gasteiger partial charge >= 0.3 is 0 Å². The van der Waals surface area contributed by atoms with Gasteiger partial charge in [0.25, 0.3) is 0 Å². The molecule has 3 rings (SSSR count). The maximum Gasteiger partial charge on any atom is 0.175 e. The molecule has 0 spiro atoms. The van der Waals surface area contributed by atoms with E-state index in [1.165, 1.54) is 4.80 Å². The van der Waals surface area contributed by atoms with Crippen molar-refractivity contribution >= 4 is 28.9 Å². The van der Waals surface area contributed by atoms with Gasteiger partial charge in [-0.3, -0.25) is 0 Å². The first-order valence-electron chi connectivity index (χ1n) is 7.04. The van der Waals surface area contributed by atoms with Crippen molar-refractivity contribution < 1.29 is 4.74 Å². The van der Waals surface area contributed by atoms with E-state index in [0.29, 0.717) is 22.6 Å². The lowest BCUT2D eigenvalue weighted by Gasteiger charge is -2.08. The van der Waals surface area contributed by atoms with E-state index >= 15 is 0 Å². The van der Waals surface area contributed by atoms with Crippen LogP contribution < -0.4 is 10.5 Å². The molecule has 2 aromatic heterocycles. The molecule has 0 saturated heterocycles. The Balaban J connectivity index is 2.10. The molecule has 0 aliphatic rings. The number of nitrogens with zero attached hydrogens (tertiary/aromatic N) is 5. The van der Waals surface area contributed by atoms with Gasteiger partial charge in [-0.2, -0.15) is 15.0 Å². The summed E-state index contributed by atoms with van der Waals surface area (Å²) in [6.07, 6.45) is 1.65. The fourth-order valence-corrected chi connectivity index (χ4v) is 2.50. The summed E-state index contributed by atoms with van der Waals surface area (Å²) < 4.78 is 5.51. The van der Waals surface area contributed by atoms with Gasteiger partial charge in [-0.1, -0.05) is 41.1 Å². The molecule has 0 unspecified atom stereocenters. The number of halogens is 2. The van der Waals surface area contributed by atoms with Crippen LogP contribution in [0.2, 0.25) is 10.3 Å². The second kappa shape index (κ2) is 6.97. The topological polar surface area (TPSA) is 91.7 Å². The summed E-state index contributed by atoms with van der Waals surface area (Å²) in [6, 6.07) is 5.53. The fraction of sp³-hybridized carbons (Fsp3) is 0.125. The van der Waals surface area contributed by atoms with Crippen LogP contribution in [0.3, 0.4) is 0 Å². The van der Waals surface area contributed by atoms with Crippen molar-refractivity contribution in [1.29, 1.82) is 0 Å². The highest BCUT2D eigenvalue weighted by atomic mass is 35.5. The molecule has 1 aromatic carbocycles. The zero-order valence-corrected chi connectivity index (χ0v) is 14.8. The zero-order chi connectivity index (χ0) is 18.0. The monoisotopic (exact) mass is 374 g/mol. The van der Waals surface area contributed by atoms with Crippen molar-refractivity contribution in [3.63, 3.8) is 0 Å². The third-order valence-electron chi connectivity index (χ3n) is 3.34. The molecule has 0 aliphatic heterocycles. The van der Waals surface area contributed by atoms with Crippen LogP contribution in [0.15, 0.2) is 24.4 Å². The minimum atomic E-state index is 0.0500. The summed E-state index contributed by atoms with van der Waals surface area (Å²) in [5.74, 6) is 6.44. The zero-order valence-electron chi connectivity index (χ0n) is 13.3. The molecule has 0 atom stereocenters. The normalized spacial score (nSPS) is 10.2. The molecular formula is C16H12Cl2N6O. The molecule has 25 heavy (non-hydrogen) atoms. The Bertz CT molecular complexity index is 1010. The minimum absolute atomic E-state index is 0.0500. The van der Waals surface area contributed by atoms with Crippen molar-refractivity contribution in [3.05, 3.63) is 45.8 Å². The first-order valence-corrected chi connectivity index (χ1v) is 7.79. The maximum atomic E-state index is 6.00. The van der Waals surface area contributed by atoms with Gasteiger partial charge in [-0.15, -0.1) is 10.2 Å². The number of benzene rings is 1. The van der Waals surface area contributed by atoms with Crippen LogP contribution >= 0.6 is 23.2 Å². The number of hydrogen-bond donors (Lipinski definition) is 1. The van der Waals surface area contributed by atoms with Crippen molar-refractivity contribution in [3.8, 4) is 28.8 Å². The van der Waals surface area contributed by atoms with E-state index in [1.54, 1.807) is 20.4 Å². The van der Waals surface area contributed by atoms with Crippen LogP contribution in [0.4, 0.5) is 5.69 Å². The Morgan fingerprint density at radius 3 is 2.60 bits per heavy atom. The molecular weight excluding hydrogens is 363 g/mol. The lowest BCUT2D eigenvalue weighted by Crippen LogP contribution is -1.98. The van der Waals surface area contributed by atoms with E-state index < -0.39 is 0 Å². The number of anilines is 1. The van der Waals surface area contributed by atoms with Gasteiger partial charge in [0, 0.05) is 12.6 Å². The SMILES string of the molecule is COc1c(C#Cc2c(Cl)nnc(Cl)c2N)cccc1-c1cnn(C)n1. The number of aromatic nitrogens is 5. The average Bonchev–Trinajstić information content (AvgIpc) is 3.04. The van der Waals surface area contributed by atoms with Crippen LogP contribution in [0.25, 0.3) is 11.3 Å². The third-order valence-corrected chi connectivity index (χ3v) is 3.88. The van der Waals surface area contributed by atoms with Gasteiger partial charge in [0.2, 0.25) is 0 Å². The summed E-state index contributed by atoms with van der Waals surface area (Å²) in [4.78, 5) is 1.47. The van der Waals surface area contributed by atoms with Crippen LogP contribution in [-0.2, 0) is 7.05 Å². The molecule has 3 aromatic rings. The van der Waals surface area contributed by atoms with Crippen molar-refractivity contribution in [2.24, 2.45) is 7.05 Å². The second-order valence-electron chi connectivity index (χ2n) is 4.93. The number of nitrogens with two attached hydrogens (primary N) is 1. The lowest BCUT2D eigenvalue weighted by atomic mass is 10.1. The molecule has 126 valence electrons. The van der Waals surface area contributed by atoms with Gasteiger partial charge in [0.1, 0.15) is 11.4 Å². The summed E-state index contributed by atoms with van der Waals surface area (Å²) in [5, 5.41) is 15.8. The van der Waals surface area contributed by atoms with E-state index in [4.69, 9.17) is 33.7 Å². The quantitative estimate of drug-likeness (QED) is 0.693. The van der Waals surface area contributed by atoms with Crippen molar-refractivity contribution in [2.75, 3.05) is 12.8 Å². The van der Waals surface area contributed by atoms with E-state index in [2.05, 4.69) is 32.2 Å². The predicted molar refractivity (Wildman–Crippen MR) is 95.4 cm³/mol. The van der Waals surface area contributed by atoms with E-state index in [1.807, 2.05) is 18.2 Å². The molecule has 0 fully saturated rings. The van der Waals surface area contributed by atoms with Crippen LogP contribution in [0.1, 0.15) is 11.1 Å². The average molecular weight is 375 g/mol. The first-order chi connectivity index (χ1) is 12.0. The Morgan fingerprint density at radius 2 is 1.92 bits per heavy atom. The summed E-state index contributed by atoms with van der Waals surface area (Å²) >= 11 is 11.9. The van der Waals surface area contributed by atoms with E-state index in [-0.39, 0.29) is 16.0 Å². The Morgan fingerprint density at radius 1 is 1.16 bits per heavy atom. The van der Waals surface area contributed by atoms with Gasteiger partial charge in [-0.25, -0.2) is 0 Å². The molecule has 0 radical (unpaired) electrons. The molecule has 9 heteroatoms. The molecule has 0 amide bonds. The molecule has 0 aliphatic carbocycles. The first kappa shape index (κ1) is 17.0. The number of hydrogen-bond acceptors (Lipinski definition) is 6. The molecule has 0 saturated carbocycles. The largest absolute Gasteiger partial charge is 0.495 e. The lowest BCUT2D eigenvalue weighted by molar-refractivity contribution is 0.415. The van der Waals surface area contributed by atoms with Gasteiger partial charge in [-0.05, 0) is 12.1 Å². The number of ether oxygens (including phenoxy) is 1. The minimum Gasteiger partial charge on any atom is -0.495 e. The highest BCUT2D eigenvalue weighted by Gasteiger charge is 2.13. The Hall–Kier alpha value is -2.82. The smallest absolute Gasteiger partial charge is 0.175 e. The fourth-order valence-electron chi connectivity index (χ4n) is 2.18. The second-order valence-corrected chi connectivity index (χ2v) is 5.64. The highest BCUT2D eigenvalue weighted by molar-refractivity contribution is 6.34. The highest BCUT2D eigenvalue weighted by Crippen LogP contribution is 2.31. The van der Waals surface area contributed by atoms with Crippen LogP contribution in [-0.4, -0.2) is 32.3 Å². The summed E-state index contributed by atoms with van der Waals surface area (Å²) in [5.41, 5.74) is 8.44. The maximum absolute atomic E-state index is 6.00. The van der Waals surface area contributed by atoms with Crippen LogP contribution in [0, 0.1) is 11.8 Å². The van der Waals surface area contributed by atoms with Gasteiger partial charge in [0.15, 0.2) is 10.3 Å². The molecule has 7 nitrogen and oxygen atoms in total. The molecule has 0 bridgehead atoms. The Kier molecular flexibility index (Phi) is 4.74. The number of methoxy groups -OCH3 is 1. The van der Waals surface area contributed by atoms with Gasteiger partial charge in [0.05, 0.1) is 30.1 Å². The van der Waals surface area contributed by atoms with E-state index in [0.717, 1.165) is 5.56 Å².